The monoisotopic (exact) mass is 412 g/mol. The van der Waals surface area contributed by atoms with Crippen molar-refractivity contribution >= 4 is 17.5 Å². The summed E-state index contributed by atoms with van der Waals surface area (Å²) in [6.45, 7) is 17.4. The van der Waals surface area contributed by atoms with Crippen molar-refractivity contribution in [2.45, 2.75) is 79.4 Å². The Hall–Kier alpha value is -1.46. The number of hydrogen-bond donors (Lipinski definition) is 2. The van der Waals surface area contributed by atoms with Gasteiger partial charge in [0.05, 0.1) is 7.11 Å². The number of halogens is 1. The van der Waals surface area contributed by atoms with Crippen molar-refractivity contribution in [3.8, 4) is 11.5 Å². The molecule has 0 aliphatic rings. The first-order valence-electron chi connectivity index (χ1n) is 9.67. The van der Waals surface area contributed by atoms with Crippen molar-refractivity contribution < 1.29 is 14.3 Å². The fourth-order valence-electron chi connectivity index (χ4n) is 3.31. The van der Waals surface area contributed by atoms with Gasteiger partial charge in [0, 0.05) is 28.7 Å². The first-order valence-corrected chi connectivity index (χ1v) is 10.0. The number of methoxy groups -OCH3 is 1. The molecular formula is C22H37ClN2O3. The highest BCUT2D eigenvalue weighted by Crippen LogP contribution is 2.34. The van der Waals surface area contributed by atoms with Crippen LogP contribution in [0.4, 0.5) is 0 Å². The van der Waals surface area contributed by atoms with Crippen LogP contribution < -0.4 is 20.1 Å². The molecule has 0 radical (unpaired) electrons. The Bertz CT molecular complexity index is 674. The van der Waals surface area contributed by atoms with Crippen LogP contribution in [0.25, 0.3) is 0 Å². The summed E-state index contributed by atoms with van der Waals surface area (Å²) in [5.41, 5.74) is 0.808. The largest absolute Gasteiger partial charge is 0.493 e. The van der Waals surface area contributed by atoms with E-state index in [1.807, 2.05) is 26.8 Å². The zero-order chi connectivity index (χ0) is 21.8. The summed E-state index contributed by atoms with van der Waals surface area (Å²) in [7, 11) is 1.58. The van der Waals surface area contributed by atoms with Crippen LogP contribution in [0, 0.1) is 5.41 Å². The highest BCUT2D eigenvalue weighted by atomic mass is 35.5. The molecule has 28 heavy (non-hydrogen) atoms. The van der Waals surface area contributed by atoms with Crippen molar-refractivity contribution in [2.75, 3.05) is 13.7 Å². The van der Waals surface area contributed by atoms with E-state index >= 15 is 0 Å². The normalized spacial score (nSPS) is 12.6. The standard InChI is InChI=1S/C22H37ClN2O3/c1-20(2,3)14-22(7,8)24-12-15-10-17(27-9)18(11-16(15)23)28-13-19(26)25-21(4,5)6/h10-11,24H,12-14H2,1-9H3,(H,25,26). The van der Waals surface area contributed by atoms with Gasteiger partial charge in [-0.25, -0.2) is 0 Å². The molecule has 0 aromatic heterocycles. The maximum Gasteiger partial charge on any atom is 0.258 e. The van der Waals surface area contributed by atoms with Crippen molar-refractivity contribution in [3.05, 3.63) is 22.7 Å². The van der Waals surface area contributed by atoms with Crippen LogP contribution in [-0.4, -0.2) is 30.7 Å². The molecule has 0 fully saturated rings. The van der Waals surface area contributed by atoms with E-state index in [0.29, 0.717) is 23.1 Å². The molecule has 1 aromatic rings. The lowest BCUT2D eigenvalue weighted by Gasteiger charge is -2.33. The minimum atomic E-state index is -0.308. The van der Waals surface area contributed by atoms with Gasteiger partial charge in [-0.15, -0.1) is 0 Å². The van der Waals surface area contributed by atoms with Crippen molar-refractivity contribution in [1.29, 1.82) is 0 Å². The average molecular weight is 413 g/mol. The van der Waals surface area contributed by atoms with E-state index in [2.05, 4.69) is 45.3 Å². The fourth-order valence-corrected chi connectivity index (χ4v) is 3.53. The average Bonchev–Trinajstić information content (AvgIpc) is 2.47. The van der Waals surface area contributed by atoms with Crippen LogP contribution in [0.15, 0.2) is 12.1 Å². The van der Waals surface area contributed by atoms with Crippen molar-refractivity contribution in [2.24, 2.45) is 5.41 Å². The zero-order valence-corrected chi connectivity index (χ0v) is 19.6. The van der Waals surface area contributed by atoms with Gasteiger partial charge >= 0.3 is 0 Å². The molecule has 0 spiro atoms. The third-order valence-electron chi connectivity index (χ3n) is 3.94. The van der Waals surface area contributed by atoms with Crippen molar-refractivity contribution in [3.63, 3.8) is 0 Å². The summed E-state index contributed by atoms with van der Waals surface area (Å²) < 4.78 is 11.1. The number of hydrogen-bond acceptors (Lipinski definition) is 4. The lowest BCUT2D eigenvalue weighted by Crippen LogP contribution is -2.43. The Balaban J connectivity index is 2.83. The molecule has 0 aliphatic heterocycles. The second-order valence-corrected chi connectivity index (χ2v) is 10.6. The zero-order valence-electron chi connectivity index (χ0n) is 18.9. The summed E-state index contributed by atoms with van der Waals surface area (Å²) in [5, 5.41) is 7.01. The van der Waals surface area contributed by atoms with E-state index in [0.717, 1.165) is 12.0 Å². The molecule has 1 amide bonds. The number of carbonyl (C=O) groups excluding carboxylic acids is 1. The highest BCUT2D eigenvalue weighted by Gasteiger charge is 2.25. The fraction of sp³-hybridized carbons (Fsp3) is 0.682. The third kappa shape index (κ3) is 9.16. The molecule has 0 saturated heterocycles. The number of benzene rings is 1. The number of ether oxygens (including phenoxy) is 2. The molecule has 2 N–H and O–H groups in total. The summed E-state index contributed by atoms with van der Waals surface area (Å²) in [5.74, 6) is 0.813. The smallest absolute Gasteiger partial charge is 0.258 e. The molecule has 0 aliphatic carbocycles. The van der Waals surface area contributed by atoms with E-state index < -0.39 is 0 Å². The Kier molecular flexibility index (Phi) is 8.21. The maximum absolute atomic E-state index is 12.0. The predicted molar refractivity (Wildman–Crippen MR) is 116 cm³/mol. The summed E-state index contributed by atoms with van der Waals surface area (Å²) in [4.78, 5) is 12.0. The molecule has 1 aromatic carbocycles. The second kappa shape index (κ2) is 9.36. The van der Waals surface area contributed by atoms with Crippen molar-refractivity contribution in [1.82, 2.24) is 10.6 Å². The third-order valence-corrected chi connectivity index (χ3v) is 4.29. The van der Waals surface area contributed by atoms with Crippen LogP contribution in [0.2, 0.25) is 5.02 Å². The summed E-state index contributed by atoms with van der Waals surface area (Å²) in [6, 6.07) is 3.57. The Morgan fingerprint density at radius 3 is 2.14 bits per heavy atom. The topological polar surface area (TPSA) is 59.6 Å². The van der Waals surface area contributed by atoms with Crippen LogP contribution in [0.1, 0.15) is 67.4 Å². The maximum atomic E-state index is 12.0. The molecule has 6 heteroatoms. The van der Waals surface area contributed by atoms with Gasteiger partial charge in [-0.1, -0.05) is 32.4 Å². The van der Waals surface area contributed by atoms with E-state index in [4.69, 9.17) is 21.1 Å². The summed E-state index contributed by atoms with van der Waals surface area (Å²) >= 11 is 6.47. The Morgan fingerprint density at radius 2 is 1.64 bits per heavy atom. The Labute approximate surface area is 175 Å². The van der Waals surface area contributed by atoms with E-state index in [9.17, 15) is 4.79 Å². The SMILES string of the molecule is COc1cc(CNC(C)(C)CC(C)(C)C)c(Cl)cc1OCC(=O)NC(C)(C)C. The van der Waals surface area contributed by atoms with Gasteiger partial charge in [0.25, 0.3) is 5.91 Å². The van der Waals surface area contributed by atoms with Gasteiger partial charge in [-0.2, -0.15) is 0 Å². The number of carbonyl (C=O) groups is 1. The van der Waals surface area contributed by atoms with Crippen LogP contribution in [0.5, 0.6) is 11.5 Å². The van der Waals surface area contributed by atoms with Crippen LogP contribution in [-0.2, 0) is 11.3 Å². The lowest BCUT2D eigenvalue weighted by atomic mass is 9.82. The highest BCUT2D eigenvalue weighted by molar-refractivity contribution is 6.31. The second-order valence-electron chi connectivity index (χ2n) is 10.2. The van der Waals surface area contributed by atoms with E-state index in [1.165, 1.54) is 0 Å². The number of nitrogens with one attached hydrogen (secondary N) is 2. The van der Waals surface area contributed by atoms with Gasteiger partial charge in [0.1, 0.15) is 0 Å². The lowest BCUT2D eigenvalue weighted by molar-refractivity contribution is -0.124. The minimum absolute atomic E-state index is 0.0327. The molecule has 1 rings (SSSR count). The van der Waals surface area contributed by atoms with Gasteiger partial charge < -0.3 is 20.1 Å². The van der Waals surface area contributed by atoms with E-state index in [1.54, 1.807) is 13.2 Å². The molecule has 160 valence electrons. The molecule has 0 saturated carbocycles. The van der Waals surface area contributed by atoms with Crippen LogP contribution in [0.3, 0.4) is 0 Å². The first-order chi connectivity index (χ1) is 12.6. The van der Waals surface area contributed by atoms with Gasteiger partial charge in [-0.05, 0) is 58.1 Å². The van der Waals surface area contributed by atoms with Gasteiger partial charge in [0.15, 0.2) is 18.1 Å². The molecule has 5 nitrogen and oxygen atoms in total. The quantitative estimate of drug-likeness (QED) is 0.634. The van der Waals surface area contributed by atoms with Crippen LogP contribution >= 0.6 is 11.6 Å². The molecule has 0 bridgehead atoms. The van der Waals surface area contributed by atoms with E-state index in [-0.39, 0.29) is 29.0 Å². The summed E-state index contributed by atoms with van der Waals surface area (Å²) in [6.07, 6.45) is 1.03. The number of rotatable bonds is 8. The molecule has 0 heterocycles. The number of amides is 1. The van der Waals surface area contributed by atoms with Gasteiger partial charge in [-0.3, -0.25) is 4.79 Å². The minimum Gasteiger partial charge on any atom is -0.493 e. The molecular weight excluding hydrogens is 376 g/mol. The predicted octanol–water partition coefficient (Wildman–Crippen LogP) is 4.95. The van der Waals surface area contributed by atoms with Gasteiger partial charge in [0.2, 0.25) is 0 Å². The Morgan fingerprint density at radius 1 is 1.04 bits per heavy atom. The molecule has 0 atom stereocenters. The molecule has 0 unspecified atom stereocenters. The first kappa shape index (κ1) is 24.6.